The Morgan fingerprint density at radius 3 is 1.56 bits per heavy atom. The summed E-state index contributed by atoms with van der Waals surface area (Å²) >= 11 is 12.0. The Bertz CT molecular complexity index is 1700. The molecular formula is C34H42Cl2N8O6. The summed E-state index contributed by atoms with van der Waals surface area (Å²) in [4.78, 5) is 39.6. The molecule has 2 aliphatic heterocycles. The topological polar surface area (TPSA) is 154 Å². The van der Waals surface area contributed by atoms with Crippen molar-refractivity contribution in [3.8, 4) is 22.9 Å². The van der Waals surface area contributed by atoms with E-state index < -0.39 is 6.09 Å². The molecule has 2 fully saturated rings. The maximum absolute atomic E-state index is 11.8. The number of carboxylic acid groups (broad SMARTS) is 1. The number of carbonyl (C=O) groups excluding carboxylic acids is 1. The van der Waals surface area contributed by atoms with Crippen LogP contribution in [0.4, 0.5) is 9.59 Å². The van der Waals surface area contributed by atoms with Gasteiger partial charge in [-0.1, -0.05) is 59.5 Å². The maximum Gasteiger partial charge on any atom is 0.409 e. The maximum atomic E-state index is 11.8. The number of piperazine rings is 2. The van der Waals surface area contributed by atoms with E-state index in [0.717, 1.165) is 37.1 Å². The number of ether oxygens (including phenoxy) is 1. The van der Waals surface area contributed by atoms with Crippen LogP contribution in [-0.4, -0.2) is 116 Å². The number of carbonyl (C=O) groups is 2. The van der Waals surface area contributed by atoms with E-state index in [9.17, 15) is 9.59 Å². The molecule has 14 nitrogen and oxygen atoms in total. The van der Waals surface area contributed by atoms with Crippen LogP contribution in [-0.2, 0) is 4.74 Å². The van der Waals surface area contributed by atoms with Gasteiger partial charge in [-0.2, -0.15) is 9.97 Å². The minimum absolute atomic E-state index is 0.0117. The summed E-state index contributed by atoms with van der Waals surface area (Å²) in [6.45, 7) is 11.4. The van der Waals surface area contributed by atoms with Crippen molar-refractivity contribution in [2.75, 3.05) is 59.0 Å². The molecule has 0 spiro atoms. The van der Waals surface area contributed by atoms with Crippen LogP contribution in [0, 0.1) is 0 Å². The molecule has 2 aromatic heterocycles. The fourth-order valence-electron chi connectivity index (χ4n) is 6.08. The first-order valence-corrected chi connectivity index (χ1v) is 17.5. The minimum atomic E-state index is -0.870. The molecule has 0 aliphatic carbocycles. The zero-order chi connectivity index (χ0) is 35.6. The van der Waals surface area contributed by atoms with Crippen molar-refractivity contribution in [2.24, 2.45) is 0 Å². The summed E-state index contributed by atoms with van der Waals surface area (Å²) in [6.07, 6.45) is 0.559. The zero-order valence-corrected chi connectivity index (χ0v) is 29.9. The normalized spacial score (nSPS) is 16.7. The van der Waals surface area contributed by atoms with Gasteiger partial charge < -0.3 is 28.7 Å². The second-order valence-electron chi connectivity index (χ2n) is 11.8. The molecule has 6 rings (SSSR count). The predicted molar refractivity (Wildman–Crippen MR) is 187 cm³/mol. The molecule has 2 atom stereocenters. The number of aromatic nitrogens is 4. The molecule has 2 amide bonds. The Morgan fingerprint density at radius 1 is 0.740 bits per heavy atom. The smallest absolute Gasteiger partial charge is 0.409 e. The summed E-state index contributed by atoms with van der Waals surface area (Å²) in [5.74, 6) is 2.18. The van der Waals surface area contributed by atoms with Gasteiger partial charge in [0.25, 0.3) is 11.8 Å². The lowest BCUT2D eigenvalue weighted by Crippen LogP contribution is -2.49. The molecule has 2 unspecified atom stereocenters. The third kappa shape index (κ3) is 9.30. The lowest BCUT2D eigenvalue weighted by molar-refractivity contribution is 0.0629. The molecule has 2 saturated heterocycles. The average molecular weight is 730 g/mol. The lowest BCUT2D eigenvalue weighted by atomic mass is 10.1. The van der Waals surface area contributed by atoms with Crippen molar-refractivity contribution in [1.29, 1.82) is 0 Å². The quantitative estimate of drug-likeness (QED) is 0.194. The van der Waals surface area contributed by atoms with Gasteiger partial charge in [-0.15, -0.1) is 0 Å². The van der Waals surface area contributed by atoms with Gasteiger partial charge in [0.15, 0.2) is 11.6 Å². The van der Waals surface area contributed by atoms with E-state index in [1.165, 1.54) is 4.90 Å². The summed E-state index contributed by atoms with van der Waals surface area (Å²) < 4.78 is 15.9. The molecule has 0 saturated carbocycles. The summed E-state index contributed by atoms with van der Waals surface area (Å²) in [5.41, 5.74) is 1.59. The van der Waals surface area contributed by atoms with Gasteiger partial charge in [-0.05, 0) is 56.2 Å². The van der Waals surface area contributed by atoms with Gasteiger partial charge in [0.05, 0.1) is 18.7 Å². The Kier molecular flexibility index (Phi) is 13.0. The Balaban J connectivity index is 0.000000195. The molecule has 50 heavy (non-hydrogen) atoms. The van der Waals surface area contributed by atoms with Gasteiger partial charge in [0, 0.05) is 73.5 Å². The van der Waals surface area contributed by atoms with Gasteiger partial charge in [0.1, 0.15) is 0 Å². The van der Waals surface area contributed by atoms with Gasteiger partial charge in [-0.25, -0.2) is 9.59 Å². The second kappa shape index (κ2) is 17.6. The Morgan fingerprint density at radius 2 is 1.18 bits per heavy atom. The van der Waals surface area contributed by atoms with E-state index in [4.69, 9.17) is 42.1 Å². The molecule has 2 aromatic carbocycles. The first-order valence-electron chi connectivity index (χ1n) is 16.8. The zero-order valence-electron chi connectivity index (χ0n) is 28.4. The Labute approximate surface area is 300 Å². The first-order chi connectivity index (χ1) is 24.2. The molecule has 0 radical (unpaired) electrons. The van der Waals surface area contributed by atoms with Crippen molar-refractivity contribution in [3.05, 3.63) is 70.2 Å². The Hall–Kier alpha value is -4.24. The van der Waals surface area contributed by atoms with Crippen molar-refractivity contribution in [3.63, 3.8) is 0 Å². The highest BCUT2D eigenvalue weighted by Crippen LogP contribution is 2.29. The summed E-state index contributed by atoms with van der Waals surface area (Å²) in [5, 5.41) is 18.6. The average Bonchev–Trinajstić information content (AvgIpc) is 3.81. The van der Waals surface area contributed by atoms with Crippen molar-refractivity contribution in [1.82, 2.24) is 39.9 Å². The van der Waals surface area contributed by atoms with E-state index in [-0.39, 0.29) is 18.2 Å². The number of halogens is 2. The van der Waals surface area contributed by atoms with Crippen LogP contribution in [0.1, 0.15) is 57.3 Å². The highest BCUT2D eigenvalue weighted by Gasteiger charge is 2.30. The fourth-order valence-corrected chi connectivity index (χ4v) is 6.46. The number of rotatable bonds is 9. The number of benzene rings is 2. The highest BCUT2D eigenvalue weighted by molar-refractivity contribution is 6.31. The van der Waals surface area contributed by atoms with Crippen LogP contribution in [0.25, 0.3) is 22.9 Å². The van der Waals surface area contributed by atoms with Crippen LogP contribution in [0.3, 0.4) is 0 Å². The van der Waals surface area contributed by atoms with Gasteiger partial charge >= 0.3 is 12.2 Å². The van der Waals surface area contributed by atoms with E-state index in [0.29, 0.717) is 79.4 Å². The number of hydrogen-bond donors (Lipinski definition) is 1. The number of amides is 2. The van der Waals surface area contributed by atoms with Crippen LogP contribution >= 0.6 is 23.2 Å². The molecule has 4 aromatic rings. The fraction of sp³-hybridized carbons (Fsp3) is 0.471. The third-order valence-corrected chi connectivity index (χ3v) is 9.17. The van der Waals surface area contributed by atoms with E-state index in [1.54, 1.807) is 29.2 Å². The standard InChI is InChI=1S/C18H23ClN4O3.C16H19ClN4O3/c1-3-15(22-8-10-23(11-9-22)18(24)25-4-2)16-20-17(26-21-16)13-6-5-7-14(19)12-13;1-2-13(20-6-8-21(9-7-20)16(22)23)14-18-15(24-19-14)11-4-3-5-12(17)10-11/h5-7,12,15H,3-4,8-11H2,1-2H3;3-5,10,13H,2,6-9H2,1H3,(H,22,23). The molecule has 2 aliphatic rings. The molecule has 1 N–H and O–H groups in total. The molecule has 4 heterocycles. The summed E-state index contributed by atoms with van der Waals surface area (Å²) in [7, 11) is 0. The van der Waals surface area contributed by atoms with Crippen molar-refractivity contribution >= 4 is 35.4 Å². The van der Waals surface area contributed by atoms with Gasteiger partial charge in [-0.3, -0.25) is 9.80 Å². The predicted octanol–water partition coefficient (Wildman–Crippen LogP) is 6.75. The number of nitrogens with zero attached hydrogens (tertiary/aromatic N) is 8. The van der Waals surface area contributed by atoms with Gasteiger partial charge in [0.2, 0.25) is 0 Å². The minimum Gasteiger partial charge on any atom is -0.465 e. The van der Waals surface area contributed by atoms with Crippen molar-refractivity contribution < 1.29 is 28.5 Å². The third-order valence-electron chi connectivity index (χ3n) is 8.70. The van der Waals surface area contributed by atoms with Crippen LogP contribution in [0.5, 0.6) is 0 Å². The molecule has 268 valence electrons. The van der Waals surface area contributed by atoms with Crippen LogP contribution in [0.15, 0.2) is 57.6 Å². The van der Waals surface area contributed by atoms with E-state index in [1.807, 2.05) is 31.2 Å². The van der Waals surface area contributed by atoms with Crippen molar-refractivity contribution in [2.45, 2.75) is 45.7 Å². The lowest BCUT2D eigenvalue weighted by Gasteiger charge is -2.37. The first kappa shape index (κ1) is 37.0. The molecular weight excluding hydrogens is 687 g/mol. The highest BCUT2D eigenvalue weighted by atomic mass is 35.5. The number of hydrogen-bond acceptors (Lipinski definition) is 11. The molecule has 0 bridgehead atoms. The largest absolute Gasteiger partial charge is 0.465 e. The monoisotopic (exact) mass is 728 g/mol. The van der Waals surface area contributed by atoms with Crippen LogP contribution in [0.2, 0.25) is 10.0 Å². The second-order valence-corrected chi connectivity index (χ2v) is 12.7. The SMILES string of the molecule is CCC(c1noc(-c2cccc(Cl)c2)n1)N1CCN(C(=O)O)CC1.CCOC(=O)N1CCN(C(CC)c2noc(-c3cccc(Cl)c3)n2)CC1. The van der Waals surface area contributed by atoms with E-state index in [2.05, 4.69) is 43.9 Å². The van der Waals surface area contributed by atoms with Crippen LogP contribution < -0.4 is 0 Å². The summed E-state index contributed by atoms with van der Waals surface area (Å²) in [6, 6.07) is 14.7. The molecule has 16 heteroatoms. The van der Waals surface area contributed by atoms with E-state index >= 15 is 0 Å².